The monoisotopic (exact) mass is 250 g/mol. The highest BCUT2D eigenvalue weighted by Gasteiger charge is 2.15. The maximum Gasteiger partial charge on any atom is 0.149 e. The first-order chi connectivity index (χ1) is 8.44. The van der Waals surface area contributed by atoms with Crippen molar-refractivity contribution in [2.75, 3.05) is 12.3 Å². The lowest BCUT2D eigenvalue weighted by atomic mass is 9.89. The van der Waals surface area contributed by atoms with Gasteiger partial charge >= 0.3 is 0 Å². The van der Waals surface area contributed by atoms with Gasteiger partial charge in [0.2, 0.25) is 0 Å². The van der Waals surface area contributed by atoms with E-state index >= 15 is 0 Å². The average Bonchev–Trinajstić information content (AvgIpc) is 2.33. The molecular formula is C14H19FN2O. The first-order valence-corrected chi connectivity index (χ1v) is 6.04. The van der Waals surface area contributed by atoms with Gasteiger partial charge in [-0.1, -0.05) is 0 Å². The van der Waals surface area contributed by atoms with Gasteiger partial charge in [0.15, 0.2) is 0 Å². The van der Waals surface area contributed by atoms with Gasteiger partial charge < -0.3 is 10.5 Å². The van der Waals surface area contributed by atoms with Gasteiger partial charge in [0.05, 0.1) is 23.8 Å². The van der Waals surface area contributed by atoms with Crippen LogP contribution in [0.3, 0.4) is 0 Å². The van der Waals surface area contributed by atoms with Crippen LogP contribution in [0.1, 0.15) is 33.1 Å². The summed E-state index contributed by atoms with van der Waals surface area (Å²) in [5, 5.41) is 8.85. The third kappa shape index (κ3) is 4.62. The fourth-order valence-corrected chi connectivity index (χ4v) is 1.51. The van der Waals surface area contributed by atoms with E-state index in [2.05, 4.69) is 6.07 Å². The number of rotatable bonds is 6. The smallest absolute Gasteiger partial charge is 0.149 e. The van der Waals surface area contributed by atoms with E-state index in [9.17, 15) is 4.39 Å². The minimum Gasteiger partial charge on any atom is -0.493 e. The topological polar surface area (TPSA) is 59.0 Å². The second kappa shape index (κ2) is 6.25. The summed E-state index contributed by atoms with van der Waals surface area (Å²) < 4.78 is 18.5. The normalized spacial score (nSPS) is 11.0. The van der Waals surface area contributed by atoms with Gasteiger partial charge in [-0.05, 0) is 45.2 Å². The molecule has 1 rings (SSSR count). The molecule has 1 aromatic carbocycles. The number of hydrogen-bond acceptors (Lipinski definition) is 3. The average molecular weight is 250 g/mol. The molecule has 0 aliphatic rings. The zero-order valence-electron chi connectivity index (χ0n) is 10.9. The van der Waals surface area contributed by atoms with Gasteiger partial charge in [-0.25, -0.2) is 4.39 Å². The van der Waals surface area contributed by atoms with Crippen molar-refractivity contribution in [2.24, 2.45) is 5.41 Å². The van der Waals surface area contributed by atoms with Gasteiger partial charge in [0.25, 0.3) is 0 Å². The third-order valence-electron chi connectivity index (χ3n) is 2.74. The Hall–Kier alpha value is -1.76. The molecule has 0 saturated carbocycles. The Kier molecular flexibility index (Phi) is 4.96. The maximum absolute atomic E-state index is 13.1. The zero-order chi connectivity index (χ0) is 13.6. The lowest BCUT2D eigenvalue weighted by Gasteiger charge is -2.14. The molecule has 0 saturated heterocycles. The first-order valence-electron chi connectivity index (χ1n) is 6.04. The molecule has 0 fully saturated rings. The molecule has 1 aromatic rings. The van der Waals surface area contributed by atoms with Crippen LogP contribution in [0.5, 0.6) is 5.75 Å². The number of nitrogen functional groups attached to an aromatic ring is 1. The number of hydrogen-bond donors (Lipinski definition) is 1. The predicted molar refractivity (Wildman–Crippen MR) is 69.6 cm³/mol. The summed E-state index contributed by atoms with van der Waals surface area (Å²) in [6, 6.07) is 6.69. The van der Waals surface area contributed by atoms with Crippen molar-refractivity contribution in [3.8, 4) is 11.8 Å². The highest BCUT2D eigenvalue weighted by molar-refractivity contribution is 5.43. The Morgan fingerprint density at radius 2 is 2.11 bits per heavy atom. The van der Waals surface area contributed by atoms with Crippen LogP contribution in [0.15, 0.2) is 18.2 Å². The first kappa shape index (κ1) is 14.3. The summed E-state index contributed by atoms with van der Waals surface area (Å²) in [7, 11) is 0. The van der Waals surface area contributed by atoms with Crippen LogP contribution in [0, 0.1) is 22.6 Å². The molecule has 3 nitrogen and oxygen atoms in total. The van der Waals surface area contributed by atoms with Crippen LogP contribution < -0.4 is 10.5 Å². The van der Waals surface area contributed by atoms with E-state index in [1.54, 1.807) is 6.07 Å². The van der Waals surface area contributed by atoms with Crippen molar-refractivity contribution in [1.29, 1.82) is 5.26 Å². The molecule has 0 aliphatic heterocycles. The van der Waals surface area contributed by atoms with E-state index in [4.69, 9.17) is 15.7 Å². The molecule has 2 N–H and O–H groups in total. The Morgan fingerprint density at radius 3 is 2.72 bits per heavy atom. The van der Waals surface area contributed by atoms with Crippen LogP contribution in [0.2, 0.25) is 0 Å². The number of halogens is 1. The number of anilines is 1. The molecule has 0 spiro atoms. The van der Waals surface area contributed by atoms with Gasteiger partial charge in [-0.3, -0.25) is 0 Å². The third-order valence-corrected chi connectivity index (χ3v) is 2.74. The SMILES string of the molecule is CC(C)(C#N)CCCCOc1ccc(N)c(F)c1. The summed E-state index contributed by atoms with van der Waals surface area (Å²) in [6.45, 7) is 4.36. The number of benzene rings is 1. The Bertz CT molecular complexity index is 438. The molecule has 0 aliphatic carbocycles. The standard InChI is InChI=1S/C14H19FN2O/c1-14(2,10-16)7-3-4-8-18-11-5-6-13(17)12(15)9-11/h5-6,9H,3-4,7-8,17H2,1-2H3. The van der Waals surface area contributed by atoms with Crippen molar-refractivity contribution in [1.82, 2.24) is 0 Å². The van der Waals surface area contributed by atoms with Gasteiger partial charge in [0.1, 0.15) is 11.6 Å². The minimum atomic E-state index is -0.460. The van der Waals surface area contributed by atoms with Gasteiger partial charge in [0, 0.05) is 6.07 Å². The molecular weight excluding hydrogens is 231 g/mol. The van der Waals surface area contributed by atoms with Crippen LogP contribution in [-0.4, -0.2) is 6.61 Å². The van der Waals surface area contributed by atoms with E-state index < -0.39 is 5.82 Å². The predicted octanol–water partition coefficient (Wildman–Crippen LogP) is 3.51. The minimum absolute atomic E-state index is 0.123. The number of nitrogens with zero attached hydrogens (tertiary/aromatic N) is 1. The van der Waals surface area contributed by atoms with E-state index in [0.29, 0.717) is 12.4 Å². The fraction of sp³-hybridized carbons (Fsp3) is 0.500. The second-order valence-electron chi connectivity index (χ2n) is 4.98. The summed E-state index contributed by atoms with van der Waals surface area (Å²) in [4.78, 5) is 0. The molecule has 0 heterocycles. The Morgan fingerprint density at radius 1 is 1.39 bits per heavy atom. The number of ether oxygens (including phenoxy) is 1. The summed E-state index contributed by atoms with van der Waals surface area (Å²) in [5.74, 6) is 0.0272. The molecule has 0 radical (unpaired) electrons. The molecule has 0 aromatic heterocycles. The zero-order valence-corrected chi connectivity index (χ0v) is 10.9. The molecule has 4 heteroatoms. The van der Waals surface area contributed by atoms with Crippen LogP contribution in [0.4, 0.5) is 10.1 Å². The van der Waals surface area contributed by atoms with Gasteiger partial charge in [-0.2, -0.15) is 5.26 Å². The number of unbranched alkanes of at least 4 members (excludes halogenated alkanes) is 1. The summed E-state index contributed by atoms with van der Waals surface area (Å²) in [6.07, 6.45) is 2.60. The molecule has 18 heavy (non-hydrogen) atoms. The Balaban J connectivity index is 2.26. The molecule has 0 unspecified atom stereocenters. The quantitative estimate of drug-likeness (QED) is 0.621. The highest BCUT2D eigenvalue weighted by atomic mass is 19.1. The lowest BCUT2D eigenvalue weighted by Crippen LogP contribution is -2.08. The van der Waals surface area contributed by atoms with Crippen molar-refractivity contribution in [2.45, 2.75) is 33.1 Å². The fourth-order valence-electron chi connectivity index (χ4n) is 1.51. The Labute approximate surface area is 107 Å². The summed E-state index contributed by atoms with van der Waals surface area (Å²) >= 11 is 0. The highest BCUT2D eigenvalue weighted by Crippen LogP contribution is 2.22. The van der Waals surface area contributed by atoms with E-state index in [1.807, 2.05) is 13.8 Å². The van der Waals surface area contributed by atoms with E-state index in [-0.39, 0.29) is 11.1 Å². The molecule has 0 bridgehead atoms. The van der Waals surface area contributed by atoms with Crippen molar-refractivity contribution < 1.29 is 9.13 Å². The largest absolute Gasteiger partial charge is 0.493 e. The van der Waals surface area contributed by atoms with Gasteiger partial charge in [-0.15, -0.1) is 0 Å². The number of nitrogens with two attached hydrogens (primary N) is 1. The maximum atomic E-state index is 13.1. The lowest BCUT2D eigenvalue weighted by molar-refractivity contribution is 0.294. The second-order valence-corrected chi connectivity index (χ2v) is 4.98. The summed E-state index contributed by atoms with van der Waals surface area (Å²) in [5.41, 5.74) is 5.21. The molecule has 0 atom stereocenters. The van der Waals surface area contributed by atoms with Crippen molar-refractivity contribution in [3.05, 3.63) is 24.0 Å². The van der Waals surface area contributed by atoms with E-state index in [1.165, 1.54) is 12.1 Å². The molecule has 0 amide bonds. The van der Waals surface area contributed by atoms with Crippen LogP contribution in [0.25, 0.3) is 0 Å². The van der Waals surface area contributed by atoms with E-state index in [0.717, 1.165) is 19.3 Å². The number of nitriles is 1. The van der Waals surface area contributed by atoms with Crippen molar-refractivity contribution in [3.63, 3.8) is 0 Å². The van der Waals surface area contributed by atoms with Crippen LogP contribution in [-0.2, 0) is 0 Å². The molecule has 98 valence electrons. The van der Waals surface area contributed by atoms with Crippen molar-refractivity contribution >= 4 is 5.69 Å². The van der Waals surface area contributed by atoms with Crippen LogP contribution >= 0.6 is 0 Å².